The topological polar surface area (TPSA) is 135 Å². The maximum Gasteiger partial charge on any atom is 0.328 e. The van der Waals surface area contributed by atoms with Crippen molar-refractivity contribution in [1.82, 2.24) is 4.90 Å². The zero-order valence-corrected chi connectivity index (χ0v) is 17.2. The number of fused-ring (bicyclic) bond motifs is 3. The largest absolute Gasteiger partial charge is 0.508 e. The third kappa shape index (κ3) is 2.65. The van der Waals surface area contributed by atoms with E-state index in [9.17, 15) is 29.1 Å². The van der Waals surface area contributed by atoms with Crippen molar-refractivity contribution in [2.45, 2.75) is 25.7 Å². The molecule has 3 aliphatic carbocycles. The molecule has 0 spiro atoms. The molecule has 1 heterocycles. The number of carbonyl (C=O) groups is 5. The number of hydrogen-bond acceptors (Lipinski definition) is 6. The van der Waals surface area contributed by atoms with Crippen molar-refractivity contribution in [2.24, 2.45) is 23.5 Å². The van der Waals surface area contributed by atoms with E-state index in [4.69, 9.17) is 5.73 Å². The SMILES string of the molecule is CC1=CC(=O)C2=C(C1=O)[C@@H](c1cccc(O)c1)C1=CC[C@@H]3C(=O)N(C(N)=O)C(=O)[C@@H]3[C@@H]1C2. The van der Waals surface area contributed by atoms with Crippen LogP contribution in [-0.4, -0.2) is 39.4 Å². The zero-order chi connectivity index (χ0) is 22.9. The average molecular weight is 432 g/mol. The number of urea groups is 1. The van der Waals surface area contributed by atoms with Crippen LogP contribution < -0.4 is 5.73 Å². The van der Waals surface area contributed by atoms with Crippen LogP contribution in [0, 0.1) is 17.8 Å². The number of imide groups is 3. The maximum absolute atomic E-state index is 13.2. The molecule has 0 aromatic heterocycles. The molecule has 8 nitrogen and oxygen atoms in total. The molecule has 1 aliphatic heterocycles. The second kappa shape index (κ2) is 6.85. The van der Waals surface area contributed by atoms with E-state index in [0.29, 0.717) is 27.2 Å². The molecule has 162 valence electrons. The molecule has 4 aliphatic rings. The summed E-state index contributed by atoms with van der Waals surface area (Å²) in [5.41, 5.74) is 7.65. The number of Topliss-reactive ketones (excluding diaryl/α,β-unsaturated/α-hetero) is 1. The van der Waals surface area contributed by atoms with Crippen molar-refractivity contribution in [3.05, 3.63) is 64.3 Å². The maximum atomic E-state index is 13.2. The Labute approximate surface area is 183 Å². The first kappa shape index (κ1) is 20.1. The Morgan fingerprint density at radius 2 is 1.88 bits per heavy atom. The predicted octanol–water partition coefficient (Wildman–Crippen LogP) is 1.90. The third-order valence-electron chi connectivity index (χ3n) is 6.99. The van der Waals surface area contributed by atoms with Crippen LogP contribution in [0.5, 0.6) is 5.75 Å². The van der Waals surface area contributed by atoms with E-state index in [1.807, 2.05) is 6.08 Å². The molecule has 1 aromatic carbocycles. The molecule has 3 N–H and O–H groups in total. The Morgan fingerprint density at radius 3 is 2.56 bits per heavy atom. The van der Waals surface area contributed by atoms with Crippen LogP contribution in [0.4, 0.5) is 4.79 Å². The quantitative estimate of drug-likeness (QED) is 0.395. The first-order valence-electron chi connectivity index (χ1n) is 10.4. The van der Waals surface area contributed by atoms with Gasteiger partial charge in [-0.05, 0) is 49.5 Å². The molecule has 0 radical (unpaired) electrons. The molecule has 0 saturated carbocycles. The number of phenols is 1. The Bertz CT molecular complexity index is 1240. The number of hydrogen-bond donors (Lipinski definition) is 2. The molecular formula is C24H20N2O6. The fourth-order valence-electron chi connectivity index (χ4n) is 5.66. The summed E-state index contributed by atoms with van der Waals surface area (Å²) in [5.74, 6) is -4.57. The van der Waals surface area contributed by atoms with Gasteiger partial charge in [-0.3, -0.25) is 19.2 Å². The van der Waals surface area contributed by atoms with E-state index in [1.54, 1.807) is 19.1 Å². The van der Waals surface area contributed by atoms with Crippen molar-refractivity contribution >= 4 is 29.4 Å². The van der Waals surface area contributed by atoms with Gasteiger partial charge < -0.3 is 10.8 Å². The minimum atomic E-state index is -1.11. The molecule has 32 heavy (non-hydrogen) atoms. The number of allylic oxidation sites excluding steroid dienone is 6. The predicted molar refractivity (Wildman–Crippen MR) is 111 cm³/mol. The second-order valence-corrected chi connectivity index (χ2v) is 8.67. The minimum Gasteiger partial charge on any atom is -0.508 e. The van der Waals surface area contributed by atoms with Gasteiger partial charge in [0.2, 0.25) is 11.8 Å². The van der Waals surface area contributed by atoms with Crippen molar-refractivity contribution in [2.75, 3.05) is 0 Å². The van der Waals surface area contributed by atoms with E-state index in [-0.39, 0.29) is 30.2 Å². The van der Waals surface area contributed by atoms with Crippen LogP contribution in [0.15, 0.2) is 58.7 Å². The molecule has 8 heteroatoms. The Balaban J connectivity index is 1.70. The summed E-state index contributed by atoms with van der Waals surface area (Å²) < 4.78 is 0. The number of carbonyl (C=O) groups excluding carboxylic acids is 5. The summed E-state index contributed by atoms with van der Waals surface area (Å²) in [6, 6.07) is 5.34. The van der Waals surface area contributed by atoms with Crippen molar-refractivity contribution < 1.29 is 29.1 Å². The monoisotopic (exact) mass is 432 g/mol. The van der Waals surface area contributed by atoms with Crippen LogP contribution in [0.2, 0.25) is 0 Å². The van der Waals surface area contributed by atoms with E-state index in [0.717, 1.165) is 5.57 Å². The third-order valence-corrected chi connectivity index (χ3v) is 6.99. The zero-order valence-electron chi connectivity index (χ0n) is 17.2. The molecule has 1 saturated heterocycles. The van der Waals surface area contributed by atoms with Gasteiger partial charge in [-0.25, -0.2) is 4.79 Å². The van der Waals surface area contributed by atoms with Gasteiger partial charge in [0.05, 0.1) is 11.8 Å². The molecule has 4 amide bonds. The van der Waals surface area contributed by atoms with Crippen molar-refractivity contribution in [3.63, 3.8) is 0 Å². The summed E-state index contributed by atoms with van der Waals surface area (Å²) in [6.45, 7) is 1.59. The van der Waals surface area contributed by atoms with Crippen LogP contribution >= 0.6 is 0 Å². The minimum absolute atomic E-state index is 0.00920. The highest BCUT2D eigenvalue weighted by Gasteiger charge is 2.57. The number of likely N-dealkylation sites (tertiary alicyclic amines) is 1. The summed E-state index contributed by atoms with van der Waals surface area (Å²) >= 11 is 0. The standard InChI is InChI=1S/C24H20N2O6/c1-10-7-17(28)16-9-15-13(5-6-14-19(15)23(31)26(22(14)30)24(25)32)18(20(16)21(10)29)11-3-2-4-12(27)8-11/h2-5,7-8,14-15,18-19,27H,6,9H2,1H3,(H2,25,32)/t14-,15+,18-,19-/m0/s1. The fourth-order valence-corrected chi connectivity index (χ4v) is 5.66. The Kier molecular flexibility index (Phi) is 4.30. The van der Waals surface area contributed by atoms with Gasteiger partial charge in [-0.2, -0.15) is 4.90 Å². The van der Waals surface area contributed by atoms with Crippen molar-refractivity contribution in [3.8, 4) is 5.75 Å². The number of primary amides is 1. The molecule has 5 rings (SSSR count). The lowest BCUT2D eigenvalue weighted by Gasteiger charge is -2.42. The lowest BCUT2D eigenvalue weighted by atomic mass is 9.59. The Morgan fingerprint density at radius 1 is 1.12 bits per heavy atom. The summed E-state index contributed by atoms with van der Waals surface area (Å²) in [4.78, 5) is 64.1. The molecule has 1 aromatic rings. The van der Waals surface area contributed by atoms with Gasteiger partial charge in [-0.15, -0.1) is 0 Å². The van der Waals surface area contributed by atoms with Gasteiger partial charge >= 0.3 is 6.03 Å². The highest BCUT2D eigenvalue weighted by atomic mass is 16.3. The fraction of sp³-hybridized carbons (Fsp3) is 0.292. The molecular weight excluding hydrogens is 412 g/mol. The van der Waals surface area contributed by atoms with E-state index >= 15 is 0 Å². The van der Waals surface area contributed by atoms with Crippen LogP contribution in [0.1, 0.15) is 31.2 Å². The van der Waals surface area contributed by atoms with Gasteiger partial charge in [-0.1, -0.05) is 23.8 Å². The number of nitrogens with zero attached hydrogens (tertiary/aromatic N) is 1. The molecule has 0 bridgehead atoms. The summed E-state index contributed by atoms with van der Waals surface area (Å²) in [6.07, 6.45) is 3.48. The second-order valence-electron chi connectivity index (χ2n) is 8.67. The van der Waals surface area contributed by atoms with E-state index < -0.39 is 41.5 Å². The van der Waals surface area contributed by atoms with Gasteiger partial charge in [0.1, 0.15) is 5.75 Å². The summed E-state index contributed by atoms with van der Waals surface area (Å²) in [5, 5.41) is 10.1. The first-order valence-corrected chi connectivity index (χ1v) is 10.4. The number of benzene rings is 1. The smallest absolute Gasteiger partial charge is 0.328 e. The molecule has 1 fully saturated rings. The van der Waals surface area contributed by atoms with Gasteiger partial charge in [0, 0.05) is 22.6 Å². The van der Waals surface area contributed by atoms with E-state index in [2.05, 4.69) is 0 Å². The number of amides is 4. The normalized spacial score (nSPS) is 29.3. The summed E-state index contributed by atoms with van der Waals surface area (Å²) in [7, 11) is 0. The van der Waals surface area contributed by atoms with Gasteiger partial charge in [0.25, 0.3) is 0 Å². The number of nitrogens with two attached hydrogens (primary N) is 1. The number of phenolic OH excluding ortho intramolecular Hbond substituents is 1. The number of ketones is 2. The van der Waals surface area contributed by atoms with Crippen LogP contribution in [0.3, 0.4) is 0 Å². The lowest BCUT2D eigenvalue weighted by Crippen LogP contribution is -2.42. The average Bonchev–Trinajstić information content (AvgIpc) is 3.01. The number of rotatable bonds is 1. The Hall–Kier alpha value is -3.81. The van der Waals surface area contributed by atoms with Gasteiger partial charge in [0.15, 0.2) is 11.6 Å². The highest BCUT2D eigenvalue weighted by molar-refractivity contribution is 6.24. The first-order chi connectivity index (χ1) is 15.2. The van der Waals surface area contributed by atoms with Crippen LogP contribution in [0.25, 0.3) is 0 Å². The van der Waals surface area contributed by atoms with Crippen LogP contribution in [-0.2, 0) is 19.2 Å². The van der Waals surface area contributed by atoms with E-state index in [1.165, 1.54) is 18.2 Å². The van der Waals surface area contributed by atoms with Crippen molar-refractivity contribution in [1.29, 1.82) is 0 Å². The molecule has 4 atom stereocenters. The highest BCUT2D eigenvalue weighted by Crippen LogP contribution is 2.55. The lowest BCUT2D eigenvalue weighted by molar-refractivity contribution is -0.136. The number of aromatic hydroxyl groups is 1. The molecule has 0 unspecified atom stereocenters.